The molecule has 0 spiro atoms. The second kappa shape index (κ2) is 5.11. The molecule has 18 heavy (non-hydrogen) atoms. The summed E-state index contributed by atoms with van der Waals surface area (Å²) in [5.74, 6) is -0.692. The molecule has 0 amide bonds. The predicted octanol–water partition coefficient (Wildman–Crippen LogP) is 2.52. The van der Waals surface area contributed by atoms with E-state index in [0.29, 0.717) is 12.0 Å². The van der Waals surface area contributed by atoms with Crippen LogP contribution in [0.5, 0.6) is 0 Å². The van der Waals surface area contributed by atoms with Crippen LogP contribution in [0.15, 0.2) is 35.5 Å². The second-order valence-electron chi connectivity index (χ2n) is 5.29. The number of allylic oxidation sites excluding steroid dienone is 2. The minimum absolute atomic E-state index is 0.311. The lowest BCUT2D eigenvalue weighted by Gasteiger charge is -2.23. The molecule has 0 saturated carbocycles. The lowest BCUT2D eigenvalue weighted by Crippen LogP contribution is -2.28. The Morgan fingerprint density at radius 1 is 1.39 bits per heavy atom. The quantitative estimate of drug-likeness (QED) is 0.407. The molecule has 3 nitrogen and oxygen atoms in total. The maximum absolute atomic E-state index is 11.6. The highest BCUT2D eigenvalue weighted by molar-refractivity contribution is 5.91. The smallest absolute Gasteiger partial charge is 0.334 e. The second-order valence-corrected chi connectivity index (χ2v) is 5.29. The Labute approximate surface area is 108 Å². The summed E-state index contributed by atoms with van der Waals surface area (Å²) in [6.07, 6.45) is 5.65. The van der Waals surface area contributed by atoms with Gasteiger partial charge in [-0.25, -0.2) is 4.79 Å². The van der Waals surface area contributed by atoms with Gasteiger partial charge in [0.25, 0.3) is 0 Å². The zero-order valence-corrected chi connectivity index (χ0v) is 11.0. The zero-order valence-electron chi connectivity index (χ0n) is 11.0. The molecule has 3 unspecified atom stereocenters. The molecule has 1 aliphatic heterocycles. The van der Waals surface area contributed by atoms with Crippen LogP contribution in [0.2, 0.25) is 0 Å². The van der Waals surface area contributed by atoms with Crippen LogP contribution in [0.4, 0.5) is 0 Å². The van der Waals surface area contributed by atoms with Crippen LogP contribution < -0.4 is 0 Å². The van der Waals surface area contributed by atoms with Crippen LogP contribution in [-0.4, -0.2) is 23.3 Å². The molecule has 1 N–H and O–H groups in total. The number of rotatable bonds is 0. The Morgan fingerprint density at radius 3 is 2.83 bits per heavy atom. The number of hydrogen-bond donors (Lipinski definition) is 1. The first-order chi connectivity index (χ1) is 8.49. The van der Waals surface area contributed by atoms with Gasteiger partial charge < -0.3 is 9.84 Å². The Kier molecular flexibility index (Phi) is 3.71. The van der Waals surface area contributed by atoms with E-state index in [4.69, 9.17) is 4.74 Å². The molecule has 0 aromatic heterocycles. The van der Waals surface area contributed by atoms with Crippen molar-refractivity contribution in [3.63, 3.8) is 0 Å². The summed E-state index contributed by atoms with van der Waals surface area (Å²) >= 11 is 0. The van der Waals surface area contributed by atoms with Crippen molar-refractivity contribution >= 4 is 5.97 Å². The summed E-state index contributed by atoms with van der Waals surface area (Å²) in [6, 6.07) is 0. The van der Waals surface area contributed by atoms with Crippen molar-refractivity contribution in [1.82, 2.24) is 0 Å². The van der Waals surface area contributed by atoms with Crippen molar-refractivity contribution in [3.05, 3.63) is 35.5 Å². The van der Waals surface area contributed by atoms with Gasteiger partial charge in [-0.2, -0.15) is 0 Å². The molecule has 3 atom stereocenters. The number of hydrogen-bond acceptors (Lipinski definition) is 3. The highest BCUT2D eigenvalue weighted by atomic mass is 16.6. The summed E-state index contributed by atoms with van der Waals surface area (Å²) in [4.78, 5) is 11.6. The van der Waals surface area contributed by atoms with Crippen molar-refractivity contribution in [2.75, 3.05) is 0 Å². The molecule has 0 aromatic rings. The van der Waals surface area contributed by atoms with Crippen LogP contribution in [0.3, 0.4) is 0 Å². The fraction of sp³-hybridized carbons (Fsp3) is 0.533. The number of carbonyl (C=O) groups is 1. The van der Waals surface area contributed by atoms with E-state index in [2.05, 4.69) is 12.7 Å². The van der Waals surface area contributed by atoms with E-state index in [0.717, 1.165) is 18.4 Å². The van der Waals surface area contributed by atoms with Gasteiger partial charge in [0.05, 0.1) is 12.0 Å². The summed E-state index contributed by atoms with van der Waals surface area (Å²) < 4.78 is 5.29. The summed E-state index contributed by atoms with van der Waals surface area (Å²) in [6.45, 7) is 7.81. The Morgan fingerprint density at radius 2 is 2.11 bits per heavy atom. The van der Waals surface area contributed by atoms with Crippen LogP contribution in [0.25, 0.3) is 0 Å². The highest BCUT2D eigenvalue weighted by Crippen LogP contribution is 2.34. The Hall–Kier alpha value is -1.35. The normalized spacial score (nSPS) is 39.2. The first-order valence-corrected chi connectivity index (χ1v) is 6.40. The van der Waals surface area contributed by atoms with E-state index >= 15 is 0 Å². The van der Waals surface area contributed by atoms with Crippen molar-refractivity contribution in [2.45, 2.75) is 45.3 Å². The average molecular weight is 248 g/mol. The van der Waals surface area contributed by atoms with E-state index in [1.54, 1.807) is 0 Å². The molecule has 0 bridgehead atoms. The van der Waals surface area contributed by atoms with Gasteiger partial charge in [0.2, 0.25) is 0 Å². The van der Waals surface area contributed by atoms with Gasteiger partial charge in [0.15, 0.2) is 0 Å². The Balaban J connectivity index is 2.33. The van der Waals surface area contributed by atoms with Crippen molar-refractivity contribution in [2.24, 2.45) is 5.92 Å². The number of ether oxygens (including phenoxy) is 1. The van der Waals surface area contributed by atoms with Gasteiger partial charge in [-0.3, -0.25) is 0 Å². The van der Waals surface area contributed by atoms with Crippen LogP contribution in [0.1, 0.15) is 33.1 Å². The molecule has 98 valence electrons. The fourth-order valence-electron chi connectivity index (χ4n) is 2.65. The molecule has 3 heteroatoms. The van der Waals surface area contributed by atoms with E-state index in [-0.39, 0.29) is 18.0 Å². The lowest BCUT2D eigenvalue weighted by molar-refractivity contribution is -0.137. The maximum atomic E-state index is 11.6. The molecular formula is C15H20O3. The molecule has 2 aliphatic rings. The highest BCUT2D eigenvalue weighted by Gasteiger charge is 2.41. The maximum Gasteiger partial charge on any atom is 0.334 e. The van der Waals surface area contributed by atoms with Gasteiger partial charge in [-0.05, 0) is 39.2 Å². The number of carbonyl (C=O) groups excluding carboxylic acids is 1. The molecule has 1 heterocycles. The zero-order chi connectivity index (χ0) is 13.3. The van der Waals surface area contributed by atoms with Gasteiger partial charge in [0, 0.05) is 5.57 Å². The molecule has 1 saturated heterocycles. The fourth-order valence-corrected chi connectivity index (χ4v) is 2.65. The van der Waals surface area contributed by atoms with Crippen molar-refractivity contribution in [3.8, 4) is 0 Å². The molecule has 1 fully saturated rings. The minimum Gasteiger partial charge on any atom is -0.454 e. The van der Waals surface area contributed by atoms with Crippen molar-refractivity contribution < 1.29 is 14.6 Å². The van der Waals surface area contributed by atoms with E-state index < -0.39 is 6.10 Å². The third-order valence-electron chi connectivity index (χ3n) is 3.69. The third kappa shape index (κ3) is 2.56. The van der Waals surface area contributed by atoms with Gasteiger partial charge in [-0.1, -0.05) is 23.8 Å². The van der Waals surface area contributed by atoms with Gasteiger partial charge in [0.1, 0.15) is 6.10 Å². The summed E-state index contributed by atoms with van der Waals surface area (Å²) in [7, 11) is 0. The van der Waals surface area contributed by atoms with E-state index in [9.17, 15) is 9.90 Å². The van der Waals surface area contributed by atoms with Gasteiger partial charge in [-0.15, -0.1) is 0 Å². The topological polar surface area (TPSA) is 46.5 Å². The molecule has 0 aromatic carbocycles. The van der Waals surface area contributed by atoms with E-state index in [1.807, 2.05) is 19.9 Å². The van der Waals surface area contributed by atoms with Crippen LogP contribution in [0, 0.1) is 5.92 Å². The number of aliphatic hydroxyl groups excluding tert-OH is 1. The standard InChI is InChI=1S/C15H20O3/c1-9-5-4-6-10(2)8-13-14(12(16)7-9)11(3)15(17)18-13/h5,8,12-14,16H,3-4,6-7H2,1-2H3/b9-5+,10-8+. The summed E-state index contributed by atoms with van der Waals surface area (Å²) in [5.41, 5.74) is 2.73. The molecule has 0 radical (unpaired) electrons. The predicted molar refractivity (Wildman–Crippen MR) is 69.9 cm³/mol. The average Bonchev–Trinajstić information content (AvgIpc) is 2.53. The number of esters is 1. The Bertz CT molecular complexity index is 431. The lowest BCUT2D eigenvalue weighted by atomic mass is 9.86. The first kappa shape index (κ1) is 13.1. The molecular weight excluding hydrogens is 228 g/mol. The largest absolute Gasteiger partial charge is 0.454 e. The van der Waals surface area contributed by atoms with Crippen LogP contribution >= 0.6 is 0 Å². The first-order valence-electron chi connectivity index (χ1n) is 6.40. The SMILES string of the molecule is C=C1C(=O)OC2/C=C(\C)CC/C=C(\C)CC(O)C12. The molecule has 1 aliphatic carbocycles. The minimum atomic E-state index is -0.604. The van der Waals surface area contributed by atoms with E-state index in [1.165, 1.54) is 5.57 Å². The molecule has 2 rings (SSSR count). The van der Waals surface area contributed by atoms with Crippen molar-refractivity contribution in [1.29, 1.82) is 0 Å². The van der Waals surface area contributed by atoms with Gasteiger partial charge >= 0.3 is 5.97 Å². The monoisotopic (exact) mass is 248 g/mol. The summed E-state index contributed by atoms with van der Waals surface area (Å²) in [5, 5.41) is 10.3. The number of fused-ring (bicyclic) bond motifs is 1. The third-order valence-corrected chi connectivity index (χ3v) is 3.69. The van der Waals surface area contributed by atoms with Crippen LogP contribution in [-0.2, 0) is 9.53 Å². The number of aliphatic hydroxyl groups is 1.